The lowest BCUT2D eigenvalue weighted by Crippen LogP contribution is -2.46. The van der Waals surface area contributed by atoms with Gasteiger partial charge in [0.15, 0.2) is 0 Å². The zero-order valence-electron chi connectivity index (χ0n) is 18.6. The van der Waals surface area contributed by atoms with Gasteiger partial charge in [0.1, 0.15) is 0 Å². The van der Waals surface area contributed by atoms with Crippen molar-refractivity contribution in [3.8, 4) is 0 Å². The highest BCUT2D eigenvalue weighted by Gasteiger charge is 2.56. The van der Waals surface area contributed by atoms with Crippen LogP contribution >= 0.6 is 0 Å². The average Bonchev–Trinajstić information content (AvgIpc) is 3.39. The maximum atomic E-state index is 13.5. The van der Waals surface area contributed by atoms with Gasteiger partial charge in [-0.3, -0.25) is 19.5 Å². The summed E-state index contributed by atoms with van der Waals surface area (Å²) >= 11 is 0. The van der Waals surface area contributed by atoms with E-state index in [0.29, 0.717) is 13.1 Å². The van der Waals surface area contributed by atoms with E-state index in [0.717, 1.165) is 41.8 Å². The van der Waals surface area contributed by atoms with Crippen molar-refractivity contribution >= 4 is 11.5 Å². The molecule has 1 saturated heterocycles. The molecule has 0 unspecified atom stereocenters. The topological polar surface area (TPSA) is 78.7 Å². The molecule has 1 fully saturated rings. The molecule has 3 aliphatic rings. The molecule has 1 aliphatic carbocycles. The Morgan fingerprint density at radius 2 is 2.09 bits per heavy atom. The molecule has 0 spiro atoms. The fraction of sp³-hybridized carbons (Fsp3) is 0.480. The van der Waals surface area contributed by atoms with Gasteiger partial charge in [-0.05, 0) is 49.1 Å². The molecule has 4 atom stereocenters. The number of rotatable bonds is 5. The lowest BCUT2D eigenvalue weighted by atomic mass is 9.86. The third-order valence-electron chi connectivity index (χ3n) is 7.35. The Morgan fingerprint density at radius 1 is 1.25 bits per heavy atom. The van der Waals surface area contributed by atoms with Crippen molar-refractivity contribution in [2.75, 3.05) is 20.7 Å². The highest BCUT2D eigenvalue weighted by molar-refractivity contribution is 5.80. The van der Waals surface area contributed by atoms with Crippen LogP contribution in [-0.2, 0) is 17.9 Å². The van der Waals surface area contributed by atoms with Gasteiger partial charge in [-0.2, -0.15) is 0 Å². The Hall–Kier alpha value is -2.77. The average molecular weight is 435 g/mol. The van der Waals surface area contributed by atoms with Crippen molar-refractivity contribution in [1.82, 2.24) is 19.4 Å². The molecule has 0 radical (unpaired) electrons. The van der Waals surface area contributed by atoms with Gasteiger partial charge in [0.05, 0.1) is 17.7 Å². The van der Waals surface area contributed by atoms with Crippen LogP contribution in [-0.4, -0.2) is 57.1 Å². The summed E-state index contributed by atoms with van der Waals surface area (Å²) in [5, 5.41) is 10.4. The van der Waals surface area contributed by atoms with E-state index >= 15 is 0 Å². The summed E-state index contributed by atoms with van der Waals surface area (Å²) in [5.74, 6) is -0.661. The van der Waals surface area contributed by atoms with Gasteiger partial charge in [-0.15, -0.1) is 0 Å². The Bertz CT molecular complexity index is 1110. The zero-order valence-corrected chi connectivity index (χ0v) is 18.6. The number of pyridine rings is 2. The van der Waals surface area contributed by atoms with E-state index in [1.54, 1.807) is 25.2 Å². The number of nitrogens with zero attached hydrogens (tertiary/aromatic N) is 4. The molecule has 4 heterocycles. The van der Waals surface area contributed by atoms with E-state index in [4.69, 9.17) is 0 Å². The summed E-state index contributed by atoms with van der Waals surface area (Å²) in [4.78, 5) is 35.2. The highest BCUT2D eigenvalue weighted by atomic mass is 16.3. The Morgan fingerprint density at radius 3 is 2.75 bits per heavy atom. The maximum Gasteiger partial charge on any atom is 0.258 e. The van der Waals surface area contributed by atoms with Crippen LogP contribution in [0.25, 0.3) is 5.57 Å². The van der Waals surface area contributed by atoms with Crippen LogP contribution in [0.15, 0.2) is 47.4 Å². The predicted molar refractivity (Wildman–Crippen MR) is 122 cm³/mol. The molecule has 2 aromatic heterocycles. The van der Waals surface area contributed by atoms with Crippen LogP contribution < -0.4 is 5.56 Å². The first-order valence-electron chi connectivity index (χ1n) is 11.4. The quantitative estimate of drug-likeness (QED) is 0.780. The molecule has 1 N–H and O–H groups in total. The Kier molecular flexibility index (Phi) is 5.47. The molecule has 2 aliphatic heterocycles. The van der Waals surface area contributed by atoms with E-state index in [1.807, 2.05) is 34.9 Å². The first-order chi connectivity index (χ1) is 15.5. The summed E-state index contributed by atoms with van der Waals surface area (Å²) in [6.45, 7) is 0.955. The number of aliphatic hydroxyl groups excluding tert-OH is 1. The summed E-state index contributed by atoms with van der Waals surface area (Å²) in [5.41, 5.74) is 3.71. The minimum absolute atomic E-state index is 0.00829. The zero-order chi connectivity index (χ0) is 22.4. The van der Waals surface area contributed by atoms with Crippen molar-refractivity contribution in [3.63, 3.8) is 0 Å². The van der Waals surface area contributed by atoms with Crippen molar-refractivity contribution in [1.29, 1.82) is 0 Å². The number of carbonyl (C=O) groups excluding carboxylic acids is 1. The van der Waals surface area contributed by atoms with Crippen molar-refractivity contribution < 1.29 is 9.90 Å². The largest absolute Gasteiger partial charge is 0.396 e. The van der Waals surface area contributed by atoms with Crippen molar-refractivity contribution in [3.05, 3.63) is 69.9 Å². The normalized spacial score (nSPS) is 26.7. The summed E-state index contributed by atoms with van der Waals surface area (Å²) in [7, 11) is 3.51. The number of aliphatic hydroxyl groups is 1. The molecule has 32 heavy (non-hydrogen) atoms. The molecule has 0 aromatic carbocycles. The number of amides is 1. The van der Waals surface area contributed by atoms with Crippen molar-refractivity contribution in [2.24, 2.45) is 11.8 Å². The number of aromatic nitrogens is 2. The van der Waals surface area contributed by atoms with Crippen LogP contribution in [0.1, 0.15) is 42.3 Å². The highest BCUT2D eigenvalue weighted by Crippen LogP contribution is 2.49. The van der Waals surface area contributed by atoms with E-state index in [2.05, 4.69) is 16.0 Å². The van der Waals surface area contributed by atoms with E-state index in [9.17, 15) is 14.7 Å². The molecule has 5 rings (SSSR count). The standard InChI is InChI=1S/C25H30N4O3/c1-27(2)25(32)22-19(15-30)21-14-29-20(11-10-18(24(29)31)16-7-3-4-8-16)23(22)28(21)13-17-9-5-6-12-26-17/h5-7,9-12,19,21-23,30H,3-4,8,13-15H2,1-2H3/t19-,21-,22+,23+/m0/s1. The van der Waals surface area contributed by atoms with Crippen LogP contribution in [0.3, 0.4) is 0 Å². The van der Waals surface area contributed by atoms with E-state index in [-0.39, 0.29) is 36.1 Å². The van der Waals surface area contributed by atoms with Crippen molar-refractivity contribution in [2.45, 2.75) is 44.4 Å². The second-order valence-corrected chi connectivity index (χ2v) is 9.32. The Labute approximate surface area is 188 Å². The predicted octanol–water partition coefficient (Wildman–Crippen LogP) is 2.06. The minimum atomic E-state index is -0.409. The van der Waals surface area contributed by atoms with E-state index < -0.39 is 5.92 Å². The molecule has 0 saturated carbocycles. The van der Waals surface area contributed by atoms with Gasteiger partial charge in [-0.1, -0.05) is 12.1 Å². The number of allylic oxidation sites excluding steroid dienone is 2. The molecule has 7 nitrogen and oxygen atoms in total. The summed E-state index contributed by atoms with van der Waals surface area (Å²) in [6.07, 6.45) is 6.99. The SMILES string of the molecule is CN(C)C(=O)[C@@H]1[C@@H](CO)[C@@H]2Cn3c(ccc(C4=CCCC4)c3=O)[C@H]1N2Cc1ccccn1. The molecule has 2 bridgehead atoms. The number of fused-ring (bicyclic) bond motifs is 4. The number of hydrogen-bond donors (Lipinski definition) is 1. The summed E-state index contributed by atoms with van der Waals surface area (Å²) in [6, 6.07) is 9.40. The van der Waals surface area contributed by atoms with Crippen LogP contribution in [0, 0.1) is 11.8 Å². The van der Waals surface area contributed by atoms with Gasteiger partial charge < -0.3 is 14.6 Å². The fourth-order valence-corrected chi connectivity index (χ4v) is 5.86. The second-order valence-electron chi connectivity index (χ2n) is 9.32. The van der Waals surface area contributed by atoms with Gasteiger partial charge in [0.25, 0.3) is 5.56 Å². The van der Waals surface area contributed by atoms with Crippen LogP contribution in [0.2, 0.25) is 0 Å². The summed E-state index contributed by atoms with van der Waals surface area (Å²) < 4.78 is 1.87. The van der Waals surface area contributed by atoms with Gasteiger partial charge in [-0.25, -0.2) is 0 Å². The third-order valence-corrected chi connectivity index (χ3v) is 7.35. The maximum absolute atomic E-state index is 13.5. The smallest absolute Gasteiger partial charge is 0.258 e. The first-order valence-corrected chi connectivity index (χ1v) is 11.4. The molecule has 168 valence electrons. The molecular formula is C25H30N4O3. The van der Waals surface area contributed by atoms with Gasteiger partial charge >= 0.3 is 0 Å². The minimum Gasteiger partial charge on any atom is -0.396 e. The lowest BCUT2D eigenvalue weighted by Gasteiger charge is -2.38. The van der Waals surface area contributed by atoms with Crippen LogP contribution in [0.5, 0.6) is 0 Å². The fourth-order valence-electron chi connectivity index (χ4n) is 5.86. The van der Waals surface area contributed by atoms with Gasteiger partial charge in [0, 0.05) is 63.2 Å². The lowest BCUT2D eigenvalue weighted by molar-refractivity contribution is -0.135. The number of carbonyl (C=O) groups is 1. The molecule has 2 aromatic rings. The molecule has 7 heteroatoms. The molecule has 1 amide bonds. The van der Waals surface area contributed by atoms with E-state index in [1.165, 1.54) is 0 Å². The Balaban J connectivity index is 1.63. The van der Waals surface area contributed by atoms with Crippen LogP contribution in [0.4, 0.5) is 0 Å². The monoisotopic (exact) mass is 434 g/mol. The second kappa shape index (κ2) is 8.30. The molecular weight excluding hydrogens is 404 g/mol. The third kappa shape index (κ3) is 3.31. The first kappa shape index (κ1) is 21.1. The van der Waals surface area contributed by atoms with Gasteiger partial charge in [0.2, 0.25) is 5.91 Å². The number of hydrogen-bond acceptors (Lipinski definition) is 5.